The molecule has 1 fully saturated rings. The Bertz CT molecular complexity index is 390. The molecule has 0 aliphatic heterocycles. The summed E-state index contributed by atoms with van der Waals surface area (Å²) in [4.78, 5) is 0. The third-order valence-corrected chi connectivity index (χ3v) is 3.96. The molecule has 1 atom stereocenters. The molecule has 0 amide bonds. The van der Waals surface area contributed by atoms with Gasteiger partial charge in [0.2, 0.25) is 0 Å². The van der Waals surface area contributed by atoms with E-state index in [1.165, 1.54) is 19.3 Å². The zero-order valence-electron chi connectivity index (χ0n) is 11.4. The summed E-state index contributed by atoms with van der Waals surface area (Å²) < 4.78 is 5.38. The van der Waals surface area contributed by atoms with Gasteiger partial charge in [0.1, 0.15) is 5.75 Å². The molecule has 3 N–H and O–H groups in total. The summed E-state index contributed by atoms with van der Waals surface area (Å²) in [5.74, 6) is 1.71. The molecule has 1 unspecified atom stereocenters. The highest BCUT2D eigenvalue weighted by Gasteiger charge is 2.30. The van der Waals surface area contributed by atoms with E-state index < -0.39 is 0 Å². The molecule has 2 rings (SSSR count). The molecule has 0 spiro atoms. The molecule has 3 heteroatoms. The van der Waals surface area contributed by atoms with Crippen LogP contribution in [-0.4, -0.2) is 19.2 Å². The van der Waals surface area contributed by atoms with Crippen LogP contribution in [0.25, 0.3) is 0 Å². The maximum atomic E-state index is 5.97. The Labute approximate surface area is 110 Å². The number of nitrogens with two attached hydrogens (primary N) is 1. The Balaban J connectivity index is 2.08. The van der Waals surface area contributed by atoms with Crippen LogP contribution in [0, 0.1) is 5.92 Å². The largest absolute Gasteiger partial charge is 0.495 e. The minimum Gasteiger partial charge on any atom is -0.495 e. The summed E-state index contributed by atoms with van der Waals surface area (Å²) in [5.41, 5.74) is 6.96. The Kier molecular flexibility index (Phi) is 4.12. The van der Waals surface area contributed by atoms with Crippen LogP contribution in [0.3, 0.4) is 0 Å². The van der Waals surface area contributed by atoms with Gasteiger partial charge in [-0.3, -0.25) is 0 Å². The minimum atomic E-state index is -0.0419. The lowest BCUT2D eigenvalue weighted by molar-refractivity contribution is 0.248. The van der Waals surface area contributed by atoms with Gasteiger partial charge in [-0.05, 0) is 31.4 Å². The van der Waals surface area contributed by atoms with Crippen molar-refractivity contribution in [2.75, 3.05) is 19.0 Å². The van der Waals surface area contributed by atoms with Crippen LogP contribution in [0.5, 0.6) is 5.75 Å². The van der Waals surface area contributed by atoms with Crippen LogP contribution in [0.15, 0.2) is 24.3 Å². The summed E-state index contributed by atoms with van der Waals surface area (Å²) in [6, 6.07) is 8.02. The van der Waals surface area contributed by atoms with Crippen molar-refractivity contribution in [3.8, 4) is 5.75 Å². The van der Waals surface area contributed by atoms with E-state index in [4.69, 9.17) is 10.5 Å². The van der Waals surface area contributed by atoms with Crippen LogP contribution in [0.4, 0.5) is 5.69 Å². The molecular formula is C15H24N2O. The molecule has 0 radical (unpaired) electrons. The lowest BCUT2D eigenvalue weighted by atomic mass is 9.76. The van der Waals surface area contributed by atoms with Crippen molar-refractivity contribution in [2.24, 2.45) is 11.7 Å². The predicted octanol–water partition coefficient (Wildman–Crippen LogP) is 3.01. The van der Waals surface area contributed by atoms with Gasteiger partial charge in [-0.25, -0.2) is 0 Å². The van der Waals surface area contributed by atoms with Crippen molar-refractivity contribution < 1.29 is 4.74 Å². The number of ether oxygens (including phenoxy) is 1. The van der Waals surface area contributed by atoms with E-state index >= 15 is 0 Å². The van der Waals surface area contributed by atoms with Crippen LogP contribution in [0.2, 0.25) is 0 Å². The fraction of sp³-hybridized carbons (Fsp3) is 0.600. The third-order valence-electron chi connectivity index (χ3n) is 3.96. The molecule has 1 aromatic carbocycles. The van der Waals surface area contributed by atoms with Gasteiger partial charge in [-0.1, -0.05) is 31.4 Å². The van der Waals surface area contributed by atoms with Crippen LogP contribution >= 0.6 is 0 Å². The third kappa shape index (κ3) is 2.96. The van der Waals surface area contributed by atoms with E-state index in [-0.39, 0.29) is 5.54 Å². The maximum Gasteiger partial charge on any atom is 0.141 e. The SMILES string of the molecule is COc1ccccc1NC(C)(CN)CC1CCC1. The van der Waals surface area contributed by atoms with Gasteiger partial charge in [-0.15, -0.1) is 0 Å². The predicted molar refractivity (Wildman–Crippen MR) is 76.0 cm³/mol. The van der Waals surface area contributed by atoms with Gasteiger partial charge in [0.15, 0.2) is 0 Å². The quantitative estimate of drug-likeness (QED) is 0.813. The number of nitrogens with one attached hydrogen (secondary N) is 1. The average Bonchev–Trinajstić information content (AvgIpc) is 2.35. The normalized spacial score (nSPS) is 18.8. The first-order chi connectivity index (χ1) is 8.67. The summed E-state index contributed by atoms with van der Waals surface area (Å²) >= 11 is 0. The Morgan fingerprint density at radius 1 is 1.39 bits per heavy atom. The van der Waals surface area contributed by atoms with E-state index in [1.54, 1.807) is 7.11 Å². The number of hydrogen-bond acceptors (Lipinski definition) is 3. The van der Waals surface area contributed by atoms with Crippen LogP contribution < -0.4 is 15.8 Å². The first kappa shape index (κ1) is 13.2. The molecule has 0 bridgehead atoms. The van der Waals surface area contributed by atoms with E-state index in [0.717, 1.165) is 23.8 Å². The van der Waals surface area contributed by atoms with Crippen molar-refractivity contribution >= 4 is 5.69 Å². The van der Waals surface area contributed by atoms with Gasteiger partial charge in [0.25, 0.3) is 0 Å². The maximum absolute atomic E-state index is 5.97. The number of rotatable bonds is 6. The molecular weight excluding hydrogens is 224 g/mol. The smallest absolute Gasteiger partial charge is 0.141 e. The van der Waals surface area contributed by atoms with Gasteiger partial charge in [-0.2, -0.15) is 0 Å². The highest BCUT2D eigenvalue weighted by molar-refractivity contribution is 5.57. The molecule has 1 saturated carbocycles. The highest BCUT2D eigenvalue weighted by Crippen LogP contribution is 2.36. The minimum absolute atomic E-state index is 0.0419. The van der Waals surface area contributed by atoms with Crippen molar-refractivity contribution in [2.45, 2.75) is 38.1 Å². The first-order valence-corrected chi connectivity index (χ1v) is 6.78. The van der Waals surface area contributed by atoms with E-state index in [2.05, 4.69) is 12.2 Å². The topological polar surface area (TPSA) is 47.3 Å². The molecule has 0 saturated heterocycles. The number of methoxy groups -OCH3 is 1. The second-order valence-electron chi connectivity index (χ2n) is 5.59. The molecule has 3 nitrogen and oxygen atoms in total. The second-order valence-corrected chi connectivity index (χ2v) is 5.59. The van der Waals surface area contributed by atoms with Gasteiger partial charge in [0, 0.05) is 12.1 Å². The van der Waals surface area contributed by atoms with Gasteiger partial charge >= 0.3 is 0 Å². The average molecular weight is 248 g/mol. The summed E-state index contributed by atoms with van der Waals surface area (Å²) in [6.07, 6.45) is 5.22. The lowest BCUT2D eigenvalue weighted by Gasteiger charge is -2.38. The van der Waals surface area contributed by atoms with Gasteiger partial charge < -0.3 is 15.8 Å². The summed E-state index contributed by atoms with van der Waals surface area (Å²) in [6.45, 7) is 2.85. The van der Waals surface area contributed by atoms with E-state index in [0.29, 0.717) is 6.54 Å². The zero-order chi connectivity index (χ0) is 13.0. The molecule has 1 aliphatic carbocycles. The van der Waals surface area contributed by atoms with Crippen LogP contribution in [0.1, 0.15) is 32.6 Å². The highest BCUT2D eigenvalue weighted by atomic mass is 16.5. The van der Waals surface area contributed by atoms with E-state index in [1.807, 2.05) is 24.3 Å². The van der Waals surface area contributed by atoms with Crippen LogP contribution in [-0.2, 0) is 0 Å². The lowest BCUT2D eigenvalue weighted by Crippen LogP contribution is -2.45. The Hall–Kier alpha value is -1.22. The van der Waals surface area contributed by atoms with Crippen molar-refractivity contribution in [1.29, 1.82) is 0 Å². The van der Waals surface area contributed by atoms with E-state index in [9.17, 15) is 0 Å². The van der Waals surface area contributed by atoms with Crippen molar-refractivity contribution in [3.63, 3.8) is 0 Å². The summed E-state index contributed by atoms with van der Waals surface area (Å²) in [5, 5.41) is 3.57. The Morgan fingerprint density at radius 3 is 2.67 bits per heavy atom. The van der Waals surface area contributed by atoms with Gasteiger partial charge in [0.05, 0.1) is 12.8 Å². The molecule has 18 heavy (non-hydrogen) atoms. The van der Waals surface area contributed by atoms with Crippen molar-refractivity contribution in [1.82, 2.24) is 0 Å². The zero-order valence-corrected chi connectivity index (χ0v) is 11.4. The number of benzene rings is 1. The fourth-order valence-corrected chi connectivity index (χ4v) is 2.59. The first-order valence-electron chi connectivity index (χ1n) is 6.78. The second kappa shape index (κ2) is 5.61. The number of anilines is 1. The fourth-order valence-electron chi connectivity index (χ4n) is 2.59. The molecule has 0 heterocycles. The molecule has 1 aliphatic rings. The monoisotopic (exact) mass is 248 g/mol. The standard InChI is InChI=1S/C15H24N2O/c1-15(11-16,10-12-6-5-7-12)17-13-8-3-4-9-14(13)18-2/h3-4,8-9,12,17H,5-7,10-11,16H2,1-2H3. The number of hydrogen-bond donors (Lipinski definition) is 2. The Morgan fingerprint density at radius 2 is 2.11 bits per heavy atom. The van der Waals surface area contributed by atoms with Crippen molar-refractivity contribution in [3.05, 3.63) is 24.3 Å². The summed E-state index contributed by atoms with van der Waals surface area (Å²) in [7, 11) is 1.70. The number of para-hydroxylation sites is 2. The molecule has 0 aromatic heterocycles. The molecule has 1 aromatic rings. The molecule has 100 valence electrons.